The van der Waals surface area contributed by atoms with Crippen molar-refractivity contribution in [2.75, 3.05) is 13.2 Å². The summed E-state index contributed by atoms with van der Waals surface area (Å²) < 4.78 is 0. The summed E-state index contributed by atoms with van der Waals surface area (Å²) in [7, 11) is 0. The van der Waals surface area contributed by atoms with Crippen LogP contribution in [0.5, 0.6) is 0 Å². The van der Waals surface area contributed by atoms with Crippen LogP contribution >= 0.6 is 0 Å². The lowest BCUT2D eigenvalue weighted by atomic mass is 10.1. The Labute approximate surface area is 60.3 Å². The van der Waals surface area contributed by atoms with Gasteiger partial charge in [-0.05, 0) is 12.8 Å². The summed E-state index contributed by atoms with van der Waals surface area (Å²) >= 11 is 0. The van der Waals surface area contributed by atoms with Gasteiger partial charge in [0, 0.05) is 12.6 Å². The molecule has 0 aromatic rings. The average molecular weight is 149 g/mol. The molecule has 4 heteroatoms. The predicted octanol–water partition coefficient (Wildman–Crippen LogP) is -1.56. The first-order valence-electron chi connectivity index (χ1n) is 3.36. The second kappa shape index (κ2) is 5.61. The molecule has 0 saturated carbocycles. The Morgan fingerprint density at radius 2 is 1.90 bits per heavy atom. The van der Waals surface area contributed by atoms with Crippen molar-refractivity contribution in [3.63, 3.8) is 0 Å². The molecule has 62 valence electrons. The zero-order valence-electron chi connectivity index (χ0n) is 5.90. The molecule has 5 N–H and O–H groups in total. The lowest BCUT2D eigenvalue weighted by molar-refractivity contribution is 0.108. The Morgan fingerprint density at radius 3 is 2.30 bits per heavy atom. The lowest BCUT2D eigenvalue weighted by Gasteiger charge is -2.12. The van der Waals surface area contributed by atoms with E-state index in [-0.39, 0.29) is 19.3 Å². The van der Waals surface area contributed by atoms with Gasteiger partial charge in [-0.1, -0.05) is 0 Å². The van der Waals surface area contributed by atoms with Gasteiger partial charge in [0.15, 0.2) is 0 Å². The average Bonchev–Trinajstić information content (AvgIpc) is 1.88. The van der Waals surface area contributed by atoms with Gasteiger partial charge >= 0.3 is 0 Å². The normalized spacial score (nSPS) is 16.8. The molecule has 10 heavy (non-hydrogen) atoms. The van der Waals surface area contributed by atoms with Crippen molar-refractivity contribution in [3.05, 3.63) is 0 Å². The second-order valence-electron chi connectivity index (χ2n) is 2.34. The first-order chi connectivity index (χ1) is 4.70. The molecule has 0 spiro atoms. The summed E-state index contributed by atoms with van der Waals surface area (Å²) in [5, 5.41) is 25.8. The molecule has 2 unspecified atom stereocenters. The van der Waals surface area contributed by atoms with Crippen LogP contribution in [0.25, 0.3) is 0 Å². The van der Waals surface area contributed by atoms with Gasteiger partial charge < -0.3 is 21.1 Å². The number of hydrogen-bond acceptors (Lipinski definition) is 4. The minimum Gasteiger partial charge on any atom is -0.396 e. The third-order valence-corrected chi connectivity index (χ3v) is 1.27. The van der Waals surface area contributed by atoms with E-state index in [0.717, 1.165) is 0 Å². The van der Waals surface area contributed by atoms with Crippen LogP contribution in [0, 0.1) is 0 Å². The van der Waals surface area contributed by atoms with Gasteiger partial charge in [-0.3, -0.25) is 0 Å². The zero-order chi connectivity index (χ0) is 7.98. The monoisotopic (exact) mass is 149 g/mol. The number of rotatable bonds is 5. The highest BCUT2D eigenvalue weighted by molar-refractivity contribution is 4.65. The molecular weight excluding hydrogens is 134 g/mol. The van der Waals surface area contributed by atoms with Gasteiger partial charge in [-0.15, -0.1) is 0 Å². The summed E-state index contributed by atoms with van der Waals surface area (Å²) in [5.41, 5.74) is 5.31. The molecule has 0 saturated heterocycles. The van der Waals surface area contributed by atoms with Crippen molar-refractivity contribution in [1.29, 1.82) is 0 Å². The van der Waals surface area contributed by atoms with E-state index in [1.54, 1.807) is 0 Å². The van der Waals surface area contributed by atoms with Crippen LogP contribution < -0.4 is 5.73 Å². The Hall–Kier alpha value is -0.160. The number of hydrogen-bond donors (Lipinski definition) is 4. The summed E-state index contributed by atoms with van der Waals surface area (Å²) in [6.45, 7) is -0.165. The molecule has 0 aliphatic carbocycles. The molecular formula is C6H15NO3. The highest BCUT2D eigenvalue weighted by Crippen LogP contribution is 1.98. The van der Waals surface area contributed by atoms with Crippen molar-refractivity contribution in [2.45, 2.75) is 25.0 Å². The van der Waals surface area contributed by atoms with Crippen LogP contribution in [0.2, 0.25) is 0 Å². The van der Waals surface area contributed by atoms with Gasteiger partial charge in [0.2, 0.25) is 0 Å². The maximum atomic E-state index is 9.00. The Bertz CT molecular complexity index is 79.4. The smallest absolute Gasteiger partial charge is 0.0583 e. The van der Waals surface area contributed by atoms with E-state index in [0.29, 0.717) is 12.8 Å². The van der Waals surface area contributed by atoms with Crippen LogP contribution in [-0.4, -0.2) is 40.7 Å². The van der Waals surface area contributed by atoms with Crippen molar-refractivity contribution >= 4 is 0 Å². The van der Waals surface area contributed by atoms with E-state index >= 15 is 0 Å². The summed E-state index contributed by atoms with van der Waals surface area (Å²) in [6, 6.07) is -0.374. The fourth-order valence-electron chi connectivity index (χ4n) is 0.691. The van der Waals surface area contributed by atoms with E-state index in [1.807, 2.05) is 0 Å². The third-order valence-electron chi connectivity index (χ3n) is 1.27. The molecule has 2 atom stereocenters. The Morgan fingerprint density at radius 1 is 1.30 bits per heavy atom. The molecule has 0 rings (SSSR count). The largest absolute Gasteiger partial charge is 0.396 e. The first kappa shape index (κ1) is 9.84. The van der Waals surface area contributed by atoms with Gasteiger partial charge in [-0.2, -0.15) is 0 Å². The number of nitrogens with two attached hydrogens (primary N) is 1. The highest BCUT2D eigenvalue weighted by Gasteiger charge is 2.08. The molecule has 0 aromatic carbocycles. The summed E-state index contributed by atoms with van der Waals surface area (Å²) in [4.78, 5) is 0. The van der Waals surface area contributed by atoms with Crippen LogP contribution in [0.15, 0.2) is 0 Å². The van der Waals surface area contributed by atoms with Gasteiger partial charge in [0.05, 0.1) is 12.7 Å². The fourth-order valence-corrected chi connectivity index (χ4v) is 0.691. The fraction of sp³-hybridized carbons (Fsp3) is 1.00. The van der Waals surface area contributed by atoms with Gasteiger partial charge in [0.1, 0.15) is 0 Å². The molecule has 0 radical (unpaired) electrons. The SMILES string of the molecule is NC(CO)CC(O)CCO. The molecule has 0 amide bonds. The van der Waals surface area contributed by atoms with E-state index in [9.17, 15) is 0 Å². The topological polar surface area (TPSA) is 86.7 Å². The molecule has 0 heterocycles. The van der Waals surface area contributed by atoms with Crippen LogP contribution in [0.1, 0.15) is 12.8 Å². The summed E-state index contributed by atoms with van der Waals surface area (Å²) in [5.74, 6) is 0. The van der Waals surface area contributed by atoms with Gasteiger partial charge in [-0.25, -0.2) is 0 Å². The van der Waals surface area contributed by atoms with E-state index in [4.69, 9.17) is 21.1 Å². The molecule has 4 nitrogen and oxygen atoms in total. The maximum Gasteiger partial charge on any atom is 0.0583 e. The molecule has 0 aliphatic rings. The van der Waals surface area contributed by atoms with E-state index < -0.39 is 6.10 Å². The molecule has 0 fully saturated rings. The van der Waals surface area contributed by atoms with Crippen molar-refractivity contribution in [3.8, 4) is 0 Å². The lowest BCUT2D eigenvalue weighted by Crippen LogP contribution is -2.29. The Kier molecular flexibility index (Phi) is 5.52. The van der Waals surface area contributed by atoms with Crippen molar-refractivity contribution in [2.24, 2.45) is 5.73 Å². The highest BCUT2D eigenvalue weighted by atomic mass is 16.3. The maximum absolute atomic E-state index is 9.00. The molecule has 0 aliphatic heterocycles. The number of aliphatic hydroxyl groups excluding tert-OH is 3. The third kappa shape index (κ3) is 4.69. The quantitative estimate of drug-likeness (QED) is 0.381. The standard InChI is InChI=1S/C6H15NO3/c7-5(4-9)3-6(10)1-2-8/h5-6,8-10H,1-4,7H2. The van der Waals surface area contributed by atoms with E-state index in [1.165, 1.54) is 0 Å². The van der Waals surface area contributed by atoms with E-state index in [2.05, 4.69) is 0 Å². The minimum absolute atomic E-state index is 0.0423. The molecule has 0 bridgehead atoms. The van der Waals surface area contributed by atoms with Crippen LogP contribution in [-0.2, 0) is 0 Å². The molecule has 0 aromatic heterocycles. The number of aliphatic hydroxyl groups is 3. The second-order valence-corrected chi connectivity index (χ2v) is 2.34. The first-order valence-corrected chi connectivity index (χ1v) is 3.36. The minimum atomic E-state index is -0.591. The van der Waals surface area contributed by atoms with Crippen molar-refractivity contribution < 1.29 is 15.3 Å². The van der Waals surface area contributed by atoms with Crippen LogP contribution in [0.4, 0.5) is 0 Å². The summed E-state index contributed by atoms with van der Waals surface area (Å²) in [6.07, 6.45) is 0.0808. The predicted molar refractivity (Wildman–Crippen MR) is 37.4 cm³/mol. The van der Waals surface area contributed by atoms with Crippen molar-refractivity contribution in [1.82, 2.24) is 0 Å². The van der Waals surface area contributed by atoms with Gasteiger partial charge in [0.25, 0.3) is 0 Å². The zero-order valence-corrected chi connectivity index (χ0v) is 5.90. The Balaban J connectivity index is 3.27. The van der Waals surface area contributed by atoms with Crippen LogP contribution in [0.3, 0.4) is 0 Å².